The smallest absolute Gasteiger partial charge is 0.242 e. The zero-order valence-corrected chi connectivity index (χ0v) is 10.1. The summed E-state index contributed by atoms with van der Waals surface area (Å²) in [6.45, 7) is 4.30. The summed E-state index contributed by atoms with van der Waals surface area (Å²) in [5, 5.41) is 9.64. The minimum absolute atomic E-state index is 0.148. The van der Waals surface area contributed by atoms with Crippen molar-refractivity contribution in [1.29, 1.82) is 0 Å². The van der Waals surface area contributed by atoms with E-state index >= 15 is 0 Å². The Labute approximate surface area is 96.0 Å². The number of rotatable bonds is 4. The zero-order valence-electron chi connectivity index (χ0n) is 10.1. The Bertz CT molecular complexity index is 280. The first-order chi connectivity index (χ1) is 7.49. The molecule has 1 fully saturated rings. The van der Waals surface area contributed by atoms with Crippen LogP contribution in [0.1, 0.15) is 26.7 Å². The van der Waals surface area contributed by atoms with Crippen LogP contribution in [-0.4, -0.2) is 59.0 Å². The number of carbonyl (C=O) groups excluding carboxylic acids is 2. The van der Waals surface area contributed by atoms with Crippen molar-refractivity contribution in [1.82, 2.24) is 9.80 Å². The molecule has 0 aromatic heterocycles. The predicted octanol–water partition coefficient (Wildman–Crippen LogP) is -0.164. The third kappa shape index (κ3) is 2.59. The summed E-state index contributed by atoms with van der Waals surface area (Å²) in [4.78, 5) is 26.4. The lowest BCUT2D eigenvalue weighted by Gasteiger charge is -2.30. The predicted molar refractivity (Wildman–Crippen MR) is 59.7 cm³/mol. The zero-order chi connectivity index (χ0) is 12.3. The minimum Gasteiger partial charge on any atom is -0.367 e. The molecule has 2 unspecified atom stereocenters. The molecule has 1 amide bonds. The second-order valence-electron chi connectivity index (χ2n) is 4.25. The van der Waals surface area contributed by atoms with Gasteiger partial charge in [0, 0.05) is 6.54 Å². The quantitative estimate of drug-likeness (QED) is 0.679. The van der Waals surface area contributed by atoms with Crippen LogP contribution in [0.5, 0.6) is 0 Å². The molecular formula is C11H20N2O3. The number of aliphatic hydroxyl groups is 1. The number of likely N-dealkylation sites (tertiary alicyclic amines) is 1. The fourth-order valence-electron chi connectivity index (χ4n) is 2.08. The molecule has 0 spiro atoms. The highest BCUT2D eigenvalue weighted by atomic mass is 16.3. The largest absolute Gasteiger partial charge is 0.367 e. The van der Waals surface area contributed by atoms with E-state index in [4.69, 9.17) is 0 Å². The number of ketones is 1. The van der Waals surface area contributed by atoms with E-state index < -0.39 is 12.0 Å². The van der Waals surface area contributed by atoms with Crippen LogP contribution in [0.25, 0.3) is 0 Å². The van der Waals surface area contributed by atoms with Crippen LogP contribution in [-0.2, 0) is 9.59 Å². The van der Waals surface area contributed by atoms with E-state index in [2.05, 4.69) is 0 Å². The van der Waals surface area contributed by atoms with Crippen LogP contribution < -0.4 is 0 Å². The standard InChI is InChI=1S/C11H20N2O3/c1-4-13(10(15)8(2)14)11(16)9-6-5-7-12(9)3/h9-10,15H,4-7H2,1-3H3. The van der Waals surface area contributed by atoms with Gasteiger partial charge in [-0.3, -0.25) is 14.5 Å². The topological polar surface area (TPSA) is 60.9 Å². The fourth-order valence-corrected chi connectivity index (χ4v) is 2.08. The summed E-state index contributed by atoms with van der Waals surface area (Å²) < 4.78 is 0. The van der Waals surface area contributed by atoms with Gasteiger partial charge < -0.3 is 10.0 Å². The summed E-state index contributed by atoms with van der Waals surface area (Å²) in [5.74, 6) is -0.541. The maximum Gasteiger partial charge on any atom is 0.242 e. The van der Waals surface area contributed by atoms with Gasteiger partial charge in [-0.25, -0.2) is 0 Å². The molecule has 16 heavy (non-hydrogen) atoms. The van der Waals surface area contributed by atoms with Crippen molar-refractivity contribution in [3.63, 3.8) is 0 Å². The van der Waals surface area contributed by atoms with Gasteiger partial charge in [-0.1, -0.05) is 0 Å². The third-order valence-corrected chi connectivity index (χ3v) is 3.09. The molecule has 92 valence electrons. The van der Waals surface area contributed by atoms with E-state index in [-0.39, 0.29) is 11.9 Å². The molecule has 0 aromatic carbocycles. The van der Waals surface area contributed by atoms with Crippen molar-refractivity contribution in [3.8, 4) is 0 Å². The molecule has 1 heterocycles. The Morgan fingerprint density at radius 2 is 2.19 bits per heavy atom. The lowest BCUT2D eigenvalue weighted by atomic mass is 10.2. The second kappa shape index (κ2) is 5.41. The van der Waals surface area contributed by atoms with Gasteiger partial charge in [0.1, 0.15) is 0 Å². The van der Waals surface area contributed by atoms with Gasteiger partial charge in [0.2, 0.25) is 5.91 Å². The normalized spacial score (nSPS) is 23.1. The molecule has 1 aliphatic rings. The van der Waals surface area contributed by atoms with E-state index in [0.717, 1.165) is 19.4 Å². The van der Waals surface area contributed by atoms with E-state index in [0.29, 0.717) is 6.54 Å². The fraction of sp³-hybridized carbons (Fsp3) is 0.818. The van der Waals surface area contributed by atoms with E-state index in [1.54, 1.807) is 6.92 Å². The van der Waals surface area contributed by atoms with Crippen molar-refractivity contribution >= 4 is 11.7 Å². The van der Waals surface area contributed by atoms with Gasteiger partial charge in [-0.15, -0.1) is 0 Å². The lowest BCUT2D eigenvalue weighted by Crippen LogP contribution is -2.51. The molecule has 0 aliphatic carbocycles. The Hall–Kier alpha value is -0.940. The minimum atomic E-state index is -1.30. The van der Waals surface area contributed by atoms with Crippen molar-refractivity contribution in [2.24, 2.45) is 0 Å². The van der Waals surface area contributed by atoms with Crippen LogP contribution in [0.15, 0.2) is 0 Å². The molecule has 1 aliphatic heterocycles. The van der Waals surface area contributed by atoms with Crippen molar-refractivity contribution in [2.75, 3.05) is 20.1 Å². The molecule has 1 N–H and O–H groups in total. The van der Waals surface area contributed by atoms with Gasteiger partial charge in [-0.05, 0) is 40.3 Å². The maximum absolute atomic E-state index is 12.1. The Morgan fingerprint density at radius 3 is 2.56 bits per heavy atom. The van der Waals surface area contributed by atoms with E-state index in [1.807, 2.05) is 11.9 Å². The number of Topliss-reactive ketones (excluding diaryl/α,β-unsaturated/α-hetero) is 1. The second-order valence-corrected chi connectivity index (χ2v) is 4.25. The first-order valence-electron chi connectivity index (χ1n) is 5.68. The molecule has 5 nitrogen and oxygen atoms in total. The van der Waals surface area contributed by atoms with Crippen molar-refractivity contribution in [3.05, 3.63) is 0 Å². The first kappa shape index (κ1) is 13.1. The average molecular weight is 228 g/mol. The number of hydrogen-bond donors (Lipinski definition) is 1. The molecule has 1 saturated heterocycles. The number of nitrogens with zero attached hydrogens (tertiary/aromatic N) is 2. The number of amides is 1. The lowest BCUT2D eigenvalue weighted by molar-refractivity contribution is -0.153. The molecule has 2 atom stereocenters. The molecule has 5 heteroatoms. The third-order valence-electron chi connectivity index (χ3n) is 3.09. The van der Waals surface area contributed by atoms with E-state index in [9.17, 15) is 14.7 Å². The SMILES string of the molecule is CCN(C(=O)C1CCCN1C)C(O)C(C)=O. The monoisotopic (exact) mass is 228 g/mol. The van der Waals surface area contributed by atoms with Gasteiger partial charge >= 0.3 is 0 Å². The van der Waals surface area contributed by atoms with E-state index in [1.165, 1.54) is 11.8 Å². The highest BCUT2D eigenvalue weighted by Gasteiger charge is 2.34. The summed E-state index contributed by atoms with van der Waals surface area (Å²) in [6.07, 6.45) is 0.489. The molecule has 0 saturated carbocycles. The van der Waals surface area contributed by atoms with Crippen molar-refractivity contribution < 1.29 is 14.7 Å². The van der Waals surface area contributed by atoms with Crippen LogP contribution in [0.4, 0.5) is 0 Å². The Balaban J connectivity index is 2.72. The van der Waals surface area contributed by atoms with Crippen LogP contribution in [0, 0.1) is 0 Å². The highest BCUT2D eigenvalue weighted by Crippen LogP contribution is 2.18. The summed E-state index contributed by atoms with van der Waals surface area (Å²) in [6, 6.07) is -0.186. The molecule has 0 aromatic rings. The number of hydrogen-bond acceptors (Lipinski definition) is 4. The summed E-state index contributed by atoms with van der Waals surface area (Å²) in [7, 11) is 1.89. The number of likely N-dealkylation sites (N-methyl/N-ethyl adjacent to an activating group) is 2. The first-order valence-corrected chi connectivity index (χ1v) is 5.68. The van der Waals surface area contributed by atoms with Crippen LogP contribution in [0.2, 0.25) is 0 Å². The molecular weight excluding hydrogens is 208 g/mol. The highest BCUT2D eigenvalue weighted by molar-refractivity contribution is 5.88. The van der Waals surface area contributed by atoms with Gasteiger partial charge in [-0.2, -0.15) is 0 Å². The number of carbonyl (C=O) groups is 2. The Kier molecular flexibility index (Phi) is 4.44. The summed E-state index contributed by atoms with van der Waals surface area (Å²) in [5.41, 5.74) is 0. The molecule has 0 bridgehead atoms. The van der Waals surface area contributed by atoms with Crippen molar-refractivity contribution in [2.45, 2.75) is 39.0 Å². The maximum atomic E-state index is 12.1. The Morgan fingerprint density at radius 1 is 1.56 bits per heavy atom. The summed E-state index contributed by atoms with van der Waals surface area (Å²) >= 11 is 0. The van der Waals surface area contributed by atoms with Crippen LogP contribution in [0.3, 0.4) is 0 Å². The molecule has 0 radical (unpaired) electrons. The average Bonchev–Trinajstić information content (AvgIpc) is 2.64. The van der Waals surface area contributed by atoms with Gasteiger partial charge in [0.15, 0.2) is 12.0 Å². The molecule has 1 rings (SSSR count). The van der Waals surface area contributed by atoms with Crippen LogP contribution >= 0.6 is 0 Å². The van der Waals surface area contributed by atoms with Gasteiger partial charge in [0.05, 0.1) is 6.04 Å². The van der Waals surface area contributed by atoms with Gasteiger partial charge in [0.25, 0.3) is 0 Å². The number of aliphatic hydroxyl groups excluding tert-OH is 1.